The third kappa shape index (κ3) is 4.75. The van der Waals surface area contributed by atoms with Crippen molar-refractivity contribution in [3.63, 3.8) is 0 Å². The molecular formula is C21H22ClN3O2S. The Balaban J connectivity index is 1.66. The lowest BCUT2D eigenvalue weighted by molar-refractivity contribution is -0.127. The van der Waals surface area contributed by atoms with E-state index in [-0.39, 0.29) is 18.2 Å². The lowest BCUT2D eigenvalue weighted by atomic mass is 10.2. The number of aliphatic imine (C=N–C) groups is 1. The Bertz CT molecular complexity index is 928. The molecule has 5 nitrogen and oxygen atoms in total. The Morgan fingerprint density at radius 2 is 1.96 bits per heavy atom. The number of halogens is 1. The van der Waals surface area contributed by atoms with Crippen molar-refractivity contribution in [1.82, 2.24) is 4.90 Å². The number of aryl methyl sites for hydroxylation is 2. The van der Waals surface area contributed by atoms with Gasteiger partial charge in [-0.25, -0.2) is 4.99 Å². The first kappa shape index (κ1) is 20.4. The molecule has 2 aromatic rings. The zero-order valence-electron chi connectivity index (χ0n) is 16.0. The minimum atomic E-state index is -0.486. The lowest BCUT2D eigenvalue weighted by Crippen LogP contribution is -2.30. The van der Waals surface area contributed by atoms with Gasteiger partial charge in [0.25, 0.3) is 0 Å². The summed E-state index contributed by atoms with van der Waals surface area (Å²) in [7, 11) is 1.69. The Kier molecular flexibility index (Phi) is 6.42. The normalized spacial score (nSPS) is 18.0. The monoisotopic (exact) mass is 415 g/mol. The van der Waals surface area contributed by atoms with Crippen molar-refractivity contribution >= 4 is 51.7 Å². The van der Waals surface area contributed by atoms with Gasteiger partial charge in [0.2, 0.25) is 11.8 Å². The summed E-state index contributed by atoms with van der Waals surface area (Å²) in [4.78, 5) is 31.0. The number of rotatable bonds is 5. The summed E-state index contributed by atoms with van der Waals surface area (Å²) in [5.41, 5.74) is 3.59. The van der Waals surface area contributed by atoms with E-state index in [0.717, 1.165) is 17.7 Å². The molecule has 3 rings (SSSR count). The van der Waals surface area contributed by atoms with Gasteiger partial charge in [-0.05, 0) is 48.7 Å². The molecule has 1 aliphatic rings. The largest absolute Gasteiger partial charge is 0.326 e. The quantitative estimate of drug-likeness (QED) is 0.762. The van der Waals surface area contributed by atoms with Gasteiger partial charge < -0.3 is 5.32 Å². The number of nitrogens with zero attached hydrogens (tertiary/aromatic N) is 2. The van der Waals surface area contributed by atoms with Crippen LogP contribution in [-0.2, 0) is 16.0 Å². The first-order chi connectivity index (χ1) is 13.4. The molecular weight excluding hydrogens is 394 g/mol. The van der Waals surface area contributed by atoms with Gasteiger partial charge in [0.05, 0.1) is 5.69 Å². The van der Waals surface area contributed by atoms with Crippen LogP contribution in [-0.4, -0.2) is 34.2 Å². The molecule has 146 valence electrons. The highest BCUT2D eigenvalue weighted by molar-refractivity contribution is 8.15. The minimum Gasteiger partial charge on any atom is -0.326 e. The predicted octanol–water partition coefficient (Wildman–Crippen LogP) is 4.80. The molecule has 1 saturated heterocycles. The van der Waals surface area contributed by atoms with E-state index < -0.39 is 5.25 Å². The zero-order valence-corrected chi connectivity index (χ0v) is 17.6. The maximum Gasteiger partial charge on any atom is 0.242 e. The van der Waals surface area contributed by atoms with Crippen molar-refractivity contribution in [3.05, 3.63) is 58.6 Å². The number of hydrogen-bond acceptors (Lipinski definition) is 4. The van der Waals surface area contributed by atoms with E-state index in [1.54, 1.807) is 19.2 Å². The van der Waals surface area contributed by atoms with Crippen LogP contribution in [0.4, 0.5) is 11.4 Å². The number of nitrogens with one attached hydrogen (secondary N) is 1. The lowest BCUT2D eigenvalue weighted by Gasteiger charge is -2.10. The fraction of sp³-hybridized carbons (Fsp3) is 0.286. The summed E-state index contributed by atoms with van der Waals surface area (Å²) >= 11 is 7.41. The summed E-state index contributed by atoms with van der Waals surface area (Å²) in [5, 5.41) is 3.51. The van der Waals surface area contributed by atoms with E-state index in [9.17, 15) is 9.59 Å². The van der Waals surface area contributed by atoms with Gasteiger partial charge in [-0.3, -0.25) is 14.5 Å². The van der Waals surface area contributed by atoms with Crippen molar-refractivity contribution in [2.45, 2.75) is 31.9 Å². The number of thioether (sulfide) groups is 1. The molecule has 0 bridgehead atoms. The third-order valence-electron chi connectivity index (χ3n) is 4.54. The SMILES string of the molecule is CCc1ccc(N=C2S[C@H](CC(=O)Nc3ccc(C)c(Cl)c3)C(=O)N2C)cc1. The van der Waals surface area contributed by atoms with Crippen LogP contribution in [0.5, 0.6) is 0 Å². The van der Waals surface area contributed by atoms with Crippen LogP contribution in [0.3, 0.4) is 0 Å². The molecule has 1 aliphatic heterocycles. The smallest absolute Gasteiger partial charge is 0.242 e. The van der Waals surface area contributed by atoms with E-state index in [2.05, 4.69) is 17.2 Å². The summed E-state index contributed by atoms with van der Waals surface area (Å²) in [6, 6.07) is 13.3. The standard InChI is InChI=1S/C21H22ClN3O2S/c1-4-14-6-9-15(10-7-14)24-21-25(3)20(27)18(28-21)12-19(26)23-16-8-5-13(2)17(22)11-16/h5-11,18H,4,12H2,1-3H3,(H,23,26)/t18-/m1/s1. The maximum atomic E-state index is 12.5. The van der Waals surface area contributed by atoms with E-state index >= 15 is 0 Å². The second-order valence-electron chi connectivity index (χ2n) is 6.63. The van der Waals surface area contributed by atoms with Crippen LogP contribution in [0.1, 0.15) is 24.5 Å². The van der Waals surface area contributed by atoms with Gasteiger partial charge in [-0.1, -0.05) is 48.5 Å². The molecule has 0 aromatic heterocycles. The van der Waals surface area contributed by atoms with E-state index in [4.69, 9.17) is 11.6 Å². The van der Waals surface area contributed by atoms with Crippen LogP contribution >= 0.6 is 23.4 Å². The van der Waals surface area contributed by atoms with Gasteiger partial charge in [0.1, 0.15) is 5.25 Å². The fourth-order valence-corrected chi connectivity index (χ4v) is 4.10. The summed E-state index contributed by atoms with van der Waals surface area (Å²) in [6.45, 7) is 3.99. The van der Waals surface area contributed by atoms with Crippen molar-refractivity contribution in [2.75, 3.05) is 12.4 Å². The Morgan fingerprint density at radius 3 is 2.61 bits per heavy atom. The minimum absolute atomic E-state index is 0.0765. The third-order valence-corrected chi connectivity index (χ3v) is 6.17. The molecule has 2 amide bonds. The summed E-state index contributed by atoms with van der Waals surface area (Å²) in [6.07, 6.45) is 1.04. The molecule has 2 aromatic carbocycles. The first-order valence-electron chi connectivity index (χ1n) is 9.05. The van der Waals surface area contributed by atoms with Crippen LogP contribution in [0.15, 0.2) is 47.5 Å². The molecule has 1 N–H and O–H groups in total. The van der Waals surface area contributed by atoms with E-state index in [0.29, 0.717) is 15.9 Å². The predicted molar refractivity (Wildman–Crippen MR) is 116 cm³/mol. The van der Waals surface area contributed by atoms with Crippen LogP contribution in [0.25, 0.3) is 0 Å². The van der Waals surface area contributed by atoms with Gasteiger partial charge in [-0.15, -0.1) is 0 Å². The highest BCUT2D eigenvalue weighted by atomic mass is 35.5. The number of hydrogen-bond donors (Lipinski definition) is 1. The summed E-state index contributed by atoms with van der Waals surface area (Å²) < 4.78 is 0. The molecule has 0 saturated carbocycles. The average Bonchev–Trinajstić information content (AvgIpc) is 2.93. The van der Waals surface area contributed by atoms with Crippen LogP contribution in [0, 0.1) is 6.92 Å². The molecule has 0 aliphatic carbocycles. The number of amides is 2. The fourth-order valence-electron chi connectivity index (χ4n) is 2.76. The molecule has 0 unspecified atom stereocenters. The Morgan fingerprint density at radius 1 is 1.25 bits per heavy atom. The Labute approximate surface area is 174 Å². The van der Waals surface area contributed by atoms with Gasteiger partial charge in [0.15, 0.2) is 5.17 Å². The van der Waals surface area contributed by atoms with Gasteiger partial charge >= 0.3 is 0 Å². The molecule has 28 heavy (non-hydrogen) atoms. The van der Waals surface area contributed by atoms with Crippen LogP contribution < -0.4 is 5.32 Å². The highest BCUT2D eigenvalue weighted by Gasteiger charge is 2.37. The molecule has 7 heteroatoms. The molecule has 0 radical (unpaired) electrons. The molecule has 0 spiro atoms. The van der Waals surface area contributed by atoms with Crippen molar-refractivity contribution in [1.29, 1.82) is 0 Å². The van der Waals surface area contributed by atoms with Crippen LogP contribution in [0.2, 0.25) is 5.02 Å². The first-order valence-corrected chi connectivity index (χ1v) is 10.3. The van der Waals surface area contributed by atoms with Gasteiger partial charge in [0, 0.05) is 24.2 Å². The molecule has 1 atom stereocenters. The van der Waals surface area contributed by atoms with Gasteiger partial charge in [-0.2, -0.15) is 0 Å². The number of carbonyl (C=O) groups excluding carboxylic acids is 2. The second-order valence-corrected chi connectivity index (χ2v) is 8.21. The number of amidine groups is 1. The summed E-state index contributed by atoms with van der Waals surface area (Å²) in [5.74, 6) is -0.348. The number of carbonyl (C=O) groups is 2. The van der Waals surface area contributed by atoms with E-state index in [1.165, 1.54) is 22.2 Å². The van der Waals surface area contributed by atoms with Crippen molar-refractivity contribution in [2.24, 2.45) is 4.99 Å². The average molecular weight is 416 g/mol. The highest BCUT2D eigenvalue weighted by Crippen LogP contribution is 2.31. The zero-order chi connectivity index (χ0) is 20.3. The second kappa shape index (κ2) is 8.80. The van der Waals surface area contributed by atoms with E-state index in [1.807, 2.05) is 37.3 Å². The van der Waals surface area contributed by atoms with Crippen molar-refractivity contribution < 1.29 is 9.59 Å². The maximum absolute atomic E-state index is 12.5. The molecule has 1 fully saturated rings. The number of anilines is 1. The Hall–Kier alpha value is -2.31. The van der Waals surface area contributed by atoms with Crippen molar-refractivity contribution in [3.8, 4) is 0 Å². The number of benzene rings is 2. The molecule has 1 heterocycles. The topological polar surface area (TPSA) is 61.8 Å².